The van der Waals surface area contributed by atoms with Crippen molar-refractivity contribution in [1.29, 1.82) is 0 Å². The molecule has 80 valence electrons. The minimum atomic E-state index is -0.286. The van der Waals surface area contributed by atoms with E-state index in [2.05, 4.69) is 13.8 Å². The fraction of sp³-hybridized carbons (Fsp3) is 0.900. The first-order valence-electron chi connectivity index (χ1n) is 5.16. The third kappa shape index (κ3) is 1.42. The molecular weight excluding hydrogens is 180 g/mol. The normalized spacial score (nSPS) is 36.8. The van der Waals surface area contributed by atoms with E-state index in [-0.39, 0.29) is 23.4 Å². The zero-order valence-electron chi connectivity index (χ0n) is 8.82. The molecule has 0 spiro atoms. The lowest BCUT2D eigenvalue weighted by molar-refractivity contribution is -0.132. The van der Waals surface area contributed by atoms with Gasteiger partial charge in [-0.05, 0) is 6.42 Å². The van der Waals surface area contributed by atoms with E-state index in [0.29, 0.717) is 6.61 Å². The monoisotopic (exact) mass is 198 g/mol. The summed E-state index contributed by atoms with van der Waals surface area (Å²) >= 11 is 0. The van der Waals surface area contributed by atoms with Gasteiger partial charge < -0.3 is 15.4 Å². The quantitative estimate of drug-likeness (QED) is 0.644. The molecule has 2 aliphatic rings. The Hall–Kier alpha value is -0.610. The van der Waals surface area contributed by atoms with E-state index < -0.39 is 0 Å². The van der Waals surface area contributed by atoms with Crippen molar-refractivity contribution in [3.05, 3.63) is 0 Å². The maximum atomic E-state index is 11.7. The average molecular weight is 198 g/mol. The smallest absolute Gasteiger partial charge is 0.239 e. The van der Waals surface area contributed by atoms with Gasteiger partial charge in [0.15, 0.2) is 0 Å². The summed E-state index contributed by atoms with van der Waals surface area (Å²) in [7, 11) is 0. The number of amides is 1. The summed E-state index contributed by atoms with van der Waals surface area (Å²) in [6.07, 6.45) is 0.783. The van der Waals surface area contributed by atoms with Gasteiger partial charge in [0.1, 0.15) is 0 Å². The van der Waals surface area contributed by atoms with Crippen LogP contribution < -0.4 is 5.73 Å². The second-order valence-corrected chi connectivity index (χ2v) is 4.95. The zero-order valence-corrected chi connectivity index (χ0v) is 8.82. The number of likely N-dealkylation sites (tertiary alicyclic amines) is 1. The van der Waals surface area contributed by atoms with E-state index in [9.17, 15) is 4.79 Å². The Morgan fingerprint density at radius 1 is 1.57 bits per heavy atom. The Morgan fingerprint density at radius 3 is 2.71 bits per heavy atom. The van der Waals surface area contributed by atoms with Crippen molar-refractivity contribution in [2.24, 2.45) is 11.1 Å². The molecule has 0 aliphatic carbocycles. The van der Waals surface area contributed by atoms with E-state index in [0.717, 1.165) is 19.6 Å². The molecule has 2 aliphatic heterocycles. The first-order valence-corrected chi connectivity index (χ1v) is 5.16. The van der Waals surface area contributed by atoms with Gasteiger partial charge in [0.25, 0.3) is 0 Å². The molecule has 2 saturated heterocycles. The first kappa shape index (κ1) is 9.93. The zero-order chi connectivity index (χ0) is 10.3. The third-order valence-corrected chi connectivity index (χ3v) is 3.31. The van der Waals surface area contributed by atoms with Gasteiger partial charge in [-0.15, -0.1) is 0 Å². The molecule has 1 amide bonds. The van der Waals surface area contributed by atoms with Crippen LogP contribution in [0.3, 0.4) is 0 Å². The lowest BCUT2D eigenvalue weighted by atomic mass is 9.87. The molecule has 2 fully saturated rings. The molecule has 2 atom stereocenters. The van der Waals surface area contributed by atoms with Crippen molar-refractivity contribution in [1.82, 2.24) is 4.90 Å². The molecule has 0 radical (unpaired) electrons. The van der Waals surface area contributed by atoms with Crippen molar-refractivity contribution >= 4 is 5.91 Å². The van der Waals surface area contributed by atoms with Crippen LogP contribution in [0.25, 0.3) is 0 Å². The summed E-state index contributed by atoms with van der Waals surface area (Å²) in [5.74, 6) is 0.0913. The van der Waals surface area contributed by atoms with Crippen molar-refractivity contribution in [2.45, 2.75) is 32.4 Å². The number of nitrogens with two attached hydrogens (primary N) is 1. The molecular formula is C10H18N2O2. The Balaban J connectivity index is 2.12. The van der Waals surface area contributed by atoms with Crippen molar-refractivity contribution in [3.63, 3.8) is 0 Å². The fourth-order valence-corrected chi connectivity index (χ4v) is 2.30. The van der Waals surface area contributed by atoms with E-state index in [1.54, 1.807) is 0 Å². The third-order valence-electron chi connectivity index (χ3n) is 3.31. The lowest BCUT2D eigenvalue weighted by Crippen LogP contribution is -2.47. The average Bonchev–Trinajstić information content (AvgIpc) is 2.59. The lowest BCUT2D eigenvalue weighted by Gasteiger charge is -2.32. The van der Waals surface area contributed by atoms with E-state index in [4.69, 9.17) is 10.5 Å². The van der Waals surface area contributed by atoms with Gasteiger partial charge in [0, 0.05) is 12.0 Å². The van der Waals surface area contributed by atoms with Crippen LogP contribution in [-0.2, 0) is 9.53 Å². The van der Waals surface area contributed by atoms with Crippen LogP contribution in [0.1, 0.15) is 20.3 Å². The second-order valence-electron chi connectivity index (χ2n) is 4.95. The Morgan fingerprint density at radius 2 is 2.29 bits per heavy atom. The Kier molecular flexibility index (Phi) is 2.27. The van der Waals surface area contributed by atoms with E-state index in [1.165, 1.54) is 0 Å². The summed E-state index contributed by atoms with van der Waals surface area (Å²) in [4.78, 5) is 13.6. The van der Waals surface area contributed by atoms with Gasteiger partial charge in [-0.3, -0.25) is 4.79 Å². The predicted molar refractivity (Wildman–Crippen MR) is 52.7 cm³/mol. The summed E-state index contributed by atoms with van der Waals surface area (Å²) < 4.78 is 5.43. The van der Waals surface area contributed by atoms with Crippen LogP contribution in [0.5, 0.6) is 0 Å². The van der Waals surface area contributed by atoms with E-state index in [1.807, 2.05) is 4.90 Å². The fourth-order valence-electron chi connectivity index (χ4n) is 2.30. The molecule has 0 aromatic rings. The molecule has 0 aromatic carbocycles. The van der Waals surface area contributed by atoms with Gasteiger partial charge in [0.2, 0.25) is 5.91 Å². The maximum absolute atomic E-state index is 11.7. The highest BCUT2D eigenvalue weighted by Gasteiger charge is 2.44. The topological polar surface area (TPSA) is 55.6 Å². The predicted octanol–water partition coefficient (Wildman–Crippen LogP) is -0.0290. The SMILES string of the molecule is CC1(C)COCC1N1CCC(N)C1=O. The van der Waals surface area contributed by atoms with Crippen LogP contribution in [0.2, 0.25) is 0 Å². The molecule has 4 heteroatoms. The van der Waals surface area contributed by atoms with E-state index >= 15 is 0 Å². The van der Waals surface area contributed by atoms with Gasteiger partial charge in [-0.2, -0.15) is 0 Å². The highest BCUT2D eigenvalue weighted by Crippen LogP contribution is 2.33. The number of hydrogen-bond donors (Lipinski definition) is 1. The highest BCUT2D eigenvalue weighted by molar-refractivity contribution is 5.84. The molecule has 2 unspecified atom stereocenters. The highest BCUT2D eigenvalue weighted by atomic mass is 16.5. The van der Waals surface area contributed by atoms with Gasteiger partial charge in [-0.25, -0.2) is 0 Å². The Labute approximate surface area is 84.4 Å². The summed E-state index contributed by atoms with van der Waals surface area (Å²) in [5.41, 5.74) is 5.76. The van der Waals surface area contributed by atoms with Crippen LogP contribution in [-0.4, -0.2) is 42.6 Å². The summed E-state index contributed by atoms with van der Waals surface area (Å²) in [6, 6.07) is -0.0741. The van der Waals surface area contributed by atoms with Gasteiger partial charge >= 0.3 is 0 Å². The first-order chi connectivity index (χ1) is 6.52. The molecule has 0 bridgehead atoms. The number of hydrogen-bond acceptors (Lipinski definition) is 3. The molecule has 2 rings (SSSR count). The van der Waals surface area contributed by atoms with Gasteiger partial charge in [0.05, 0.1) is 25.3 Å². The number of carbonyl (C=O) groups excluding carboxylic acids is 1. The molecule has 0 aromatic heterocycles. The Bertz CT molecular complexity index is 253. The van der Waals surface area contributed by atoms with Gasteiger partial charge in [-0.1, -0.05) is 13.8 Å². The number of ether oxygens (including phenoxy) is 1. The molecule has 4 nitrogen and oxygen atoms in total. The molecule has 2 heterocycles. The van der Waals surface area contributed by atoms with Crippen LogP contribution >= 0.6 is 0 Å². The minimum absolute atomic E-state index is 0.0692. The van der Waals surface area contributed by atoms with Crippen molar-refractivity contribution < 1.29 is 9.53 Å². The molecule has 0 saturated carbocycles. The maximum Gasteiger partial charge on any atom is 0.239 e. The molecule has 14 heavy (non-hydrogen) atoms. The minimum Gasteiger partial charge on any atom is -0.379 e. The van der Waals surface area contributed by atoms with Crippen LogP contribution in [0, 0.1) is 5.41 Å². The number of nitrogens with zero attached hydrogens (tertiary/aromatic N) is 1. The summed E-state index contributed by atoms with van der Waals surface area (Å²) in [6.45, 7) is 6.46. The van der Waals surface area contributed by atoms with Crippen molar-refractivity contribution in [3.8, 4) is 0 Å². The van der Waals surface area contributed by atoms with Crippen LogP contribution in [0.15, 0.2) is 0 Å². The molecule has 2 N–H and O–H groups in total. The second kappa shape index (κ2) is 3.21. The van der Waals surface area contributed by atoms with Crippen LogP contribution in [0.4, 0.5) is 0 Å². The number of rotatable bonds is 1. The number of carbonyl (C=O) groups is 1. The van der Waals surface area contributed by atoms with Crippen molar-refractivity contribution in [2.75, 3.05) is 19.8 Å². The summed E-state index contributed by atoms with van der Waals surface area (Å²) in [5, 5.41) is 0. The standard InChI is InChI=1S/C10H18N2O2/c1-10(2)6-14-5-8(10)12-4-3-7(11)9(12)13/h7-8H,3-6,11H2,1-2H3. The largest absolute Gasteiger partial charge is 0.379 e.